The molecule has 1 atom stereocenters. The molecule has 25 heavy (non-hydrogen) atoms. The summed E-state index contributed by atoms with van der Waals surface area (Å²) in [5.41, 5.74) is 3.12. The first-order valence-corrected chi connectivity index (χ1v) is 10.1. The van der Waals surface area contributed by atoms with Gasteiger partial charge in [-0.25, -0.2) is 0 Å². The summed E-state index contributed by atoms with van der Waals surface area (Å²) in [5, 5.41) is 1.31. The SMILES string of the molecule is c1ccc2c(c1)CCC(N1CCN(c3nsc4ccccc34)CC1)C2. The molecule has 1 aliphatic heterocycles. The number of hydrogen-bond donors (Lipinski definition) is 0. The molecule has 3 nitrogen and oxygen atoms in total. The van der Waals surface area contributed by atoms with Gasteiger partial charge in [0.2, 0.25) is 0 Å². The molecule has 3 aromatic rings. The summed E-state index contributed by atoms with van der Waals surface area (Å²) < 4.78 is 6.03. The van der Waals surface area contributed by atoms with Crippen molar-refractivity contribution in [2.24, 2.45) is 0 Å². The van der Waals surface area contributed by atoms with E-state index >= 15 is 0 Å². The van der Waals surface area contributed by atoms with Crippen LogP contribution in [0.2, 0.25) is 0 Å². The normalized spacial score (nSPS) is 21.4. The zero-order chi connectivity index (χ0) is 16.6. The first-order valence-electron chi connectivity index (χ1n) is 9.29. The van der Waals surface area contributed by atoms with Gasteiger partial charge in [0.15, 0.2) is 0 Å². The lowest BCUT2D eigenvalue weighted by Gasteiger charge is -2.41. The largest absolute Gasteiger partial charge is 0.353 e. The van der Waals surface area contributed by atoms with Crippen LogP contribution >= 0.6 is 11.5 Å². The highest BCUT2D eigenvalue weighted by atomic mass is 32.1. The third kappa shape index (κ3) is 2.83. The molecule has 2 heterocycles. The van der Waals surface area contributed by atoms with E-state index in [1.165, 1.54) is 35.2 Å². The standard InChI is InChI=1S/C21H23N3S/c1-2-6-17-15-18(10-9-16(17)5-1)23-11-13-24(14-12-23)21-19-7-3-4-8-20(19)25-22-21/h1-8,18H,9-15H2. The molecule has 0 amide bonds. The molecule has 0 radical (unpaired) electrons. The Bertz CT molecular complexity index is 879. The lowest BCUT2D eigenvalue weighted by Crippen LogP contribution is -2.51. The molecule has 0 N–H and O–H groups in total. The number of benzene rings is 2. The Morgan fingerprint density at radius 3 is 2.52 bits per heavy atom. The molecule has 1 aromatic heterocycles. The van der Waals surface area contributed by atoms with E-state index in [1.54, 1.807) is 22.7 Å². The predicted octanol–water partition coefficient (Wildman–Crippen LogP) is 3.98. The van der Waals surface area contributed by atoms with Gasteiger partial charge in [-0.15, -0.1) is 0 Å². The number of aromatic nitrogens is 1. The van der Waals surface area contributed by atoms with Crippen LogP contribution in [0.5, 0.6) is 0 Å². The molecular formula is C21H23N3S. The quantitative estimate of drug-likeness (QED) is 0.698. The van der Waals surface area contributed by atoms with Crippen LogP contribution in [0.4, 0.5) is 5.82 Å². The average molecular weight is 350 g/mol. The Morgan fingerprint density at radius 1 is 0.880 bits per heavy atom. The number of nitrogens with zero attached hydrogens (tertiary/aromatic N) is 3. The van der Waals surface area contributed by atoms with E-state index in [0.29, 0.717) is 6.04 Å². The molecule has 0 spiro atoms. The maximum atomic E-state index is 4.74. The van der Waals surface area contributed by atoms with Crippen molar-refractivity contribution in [3.05, 3.63) is 59.7 Å². The van der Waals surface area contributed by atoms with E-state index in [1.807, 2.05) is 0 Å². The van der Waals surface area contributed by atoms with Gasteiger partial charge >= 0.3 is 0 Å². The summed E-state index contributed by atoms with van der Waals surface area (Å²) in [7, 11) is 0. The second-order valence-electron chi connectivity index (χ2n) is 7.19. The van der Waals surface area contributed by atoms with Crippen molar-refractivity contribution in [3.63, 3.8) is 0 Å². The number of aryl methyl sites for hydroxylation is 1. The van der Waals surface area contributed by atoms with Crippen LogP contribution in [0, 0.1) is 0 Å². The maximum absolute atomic E-state index is 4.74. The van der Waals surface area contributed by atoms with Crippen LogP contribution in [0.3, 0.4) is 0 Å². The molecule has 0 bridgehead atoms. The lowest BCUT2D eigenvalue weighted by molar-refractivity contribution is 0.170. The van der Waals surface area contributed by atoms with E-state index < -0.39 is 0 Å². The third-order valence-corrected chi connectivity index (χ3v) is 6.63. The van der Waals surface area contributed by atoms with E-state index in [4.69, 9.17) is 4.37 Å². The molecule has 128 valence electrons. The van der Waals surface area contributed by atoms with E-state index in [-0.39, 0.29) is 0 Å². The molecule has 1 fully saturated rings. The van der Waals surface area contributed by atoms with Gasteiger partial charge in [-0.1, -0.05) is 36.4 Å². The van der Waals surface area contributed by atoms with Crippen LogP contribution < -0.4 is 4.90 Å². The van der Waals surface area contributed by atoms with Crippen LogP contribution in [0.15, 0.2) is 48.5 Å². The fraction of sp³-hybridized carbons (Fsp3) is 0.381. The summed E-state index contributed by atoms with van der Waals surface area (Å²) in [5.74, 6) is 1.19. The number of piperazine rings is 1. The van der Waals surface area contributed by atoms with Gasteiger partial charge in [0, 0.05) is 37.6 Å². The summed E-state index contributed by atoms with van der Waals surface area (Å²) >= 11 is 1.62. The van der Waals surface area contributed by atoms with Crippen molar-refractivity contribution < 1.29 is 0 Å². The molecule has 2 aliphatic rings. The van der Waals surface area contributed by atoms with Gasteiger partial charge in [-0.05, 0) is 54.1 Å². The van der Waals surface area contributed by atoms with Crippen molar-refractivity contribution in [1.29, 1.82) is 0 Å². The smallest absolute Gasteiger partial charge is 0.150 e. The zero-order valence-corrected chi connectivity index (χ0v) is 15.2. The fourth-order valence-corrected chi connectivity index (χ4v) is 5.19. The number of rotatable bonds is 2. The molecule has 1 unspecified atom stereocenters. The van der Waals surface area contributed by atoms with E-state index in [0.717, 1.165) is 26.2 Å². The van der Waals surface area contributed by atoms with Crippen molar-refractivity contribution in [1.82, 2.24) is 9.27 Å². The molecule has 2 aromatic carbocycles. The second kappa shape index (κ2) is 6.43. The summed E-state index contributed by atoms with van der Waals surface area (Å²) in [6, 6.07) is 18.3. The maximum Gasteiger partial charge on any atom is 0.150 e. The highest BCUT2D eigenvalue weighted by Gasteiger charge is 2.28. The third-order valence-electron chi connectivity index (χ3n) is 5.81. The van der Waals surface area contributed by atoms with Crippen LogP contribution in [0.25, 0.3) is 10.1 Å². The molecule has 5 rings (SSSR count). The minimum Gasteiger partial charge on any atom is -0.353 e. The number of fused-ring (bicyclic) bond motifs is 2. The number of hydrogen-bond acceptors (Lipinski definition) is 4. The van der Waals surface area contributed by atoms with Gasteiger partial charge in [-0.2, -0.15) is 4.37 Å². The van der Waals surface area contributed by atoms with Crippen molar-refractivity contribution in [2.45, 2.75) is 25.3 Å². The van der Waals surface area contributed by atoms with Crippen LogP contribution in [0.1, 0.15) is 17.5 Å². The summed E-state index contributed by atoms with van der Waals surface area (Å²) in [6.07, 6.45) is 3.75. The van der Waals surface area contributed by atoms with E-state index in [9.17, 15) is 0 Å². The average Bonchev–Trinajstić information content (AvgIpc) is 3.12. The van der Waals surface area contributed by atoms with Crippen LogP contribution in [-0.4, -0.2) is 41.5 Å². The summed E-state index contributed by atoms with van der Waals surface area (Å²) in [4.78, 5) is 5.19. The Kier molecular flexibility index (Phi) is 3.95. The van der Waals surface area contributed by atoms with Gasteiger partial charge in [0.1, 0.15) is 5.82 Å². The van der Waals surface area contributed by atoms with Crippen LogP contribution in [-0.2, 0) is 12.8 Å². The Morgan fingerprint density at radius 2 is 1.64 bits per heavy atom. The summed E-state index contributed by atoms with van der Waals surface area (Å²) in [6.45, 7) is 4.48. The van der Waals surface area contributed by atoms with Gasteiger partial charge in [0.25, 0.3) is 0 Å². The Balaban J connectivity index is 1.27. The molecule has 1 aliphatic carbocycles. The first kappa shape index (κ1) is 15.4. The monoisotopic (exact) mass is 349 g/mol. The number of anilines is 1. The zero-order valence-electron chi connectivity index (χ0n) is 14.4. The van der Waals surface area contributed by atoms with Gasteiger partial charge in [-0.3, -0.25) is 4.90 Å². The topological polar surface area (TPSA) is 19.4 Å². The Labute approximate surface area is 153 Å². The second-order valence-corrected chi connectivity index (χ2v) is 8.00. The molecule has 0 saturated carbocycles. The van der Waals surface area contributed by atoms with Crippen molar-refractivity contribution in [2.75, 3.05) is 31.1 Å². The molecule has 1 saturated heterocycles. The van der Waals surface area contributed by atoms with Crippen molar-refractivity contribution in [3.8, 4) is 0 Å². The lowest BCUT2D eigenvalue weighted by atomic mass is 9.87. The predicted molar refractivity (Wildman–Crippen MR) is 106 cm³/mol. The molecular weight excluding hydrogens is 326 g/mol. The van der Waals surface area contributed by atoms with Gasteiger partial charge < -0.3 is 4.90 Å². The fourth-order valence-electron chi connectivity index (χ4n) is 4.39. The van der Waals surface area contributed by atoms with Gasteiger partial charge in [0.05, 0.1) is 4.70 Å². The molecule has 4 heteroatoms. The minimum atomic E-state index is 0.712. The van der Waals surface area contributed by atoms with Crippen molar-refractivity contribution >= 4 is 27.4 Å². The highest BCUT2D eigenvalue weighted by molar-refractivity contribution is 7.13. The highest BCUT2D eigenvalue weighted by Crippen LogP contribution is 2.31. The minimum absolute atomic E-state index is 0.712. The van der Waals surface area contributed by atoms with E-state index in [2.05, 4.69) is 58.3 Å². The Hall–Kier alpha value is -1.91. The first-order chi connectivity index (χ1) is 12.4.